The summed E-state index contributed by atoms with van der Waals surface area (Å²) in [5.74, 6) is 2.12. The molecule has 1 aromatic heterocycles. The zero-order valence-electron chi connectivity index (χ0n) is 10.5. The van der Waals surface area contributed by atoms with Gasteiger partial charge in [0.05, 0.1) is 5.56 Å². The molecule has 1 aliphatic rings. The highest BCUT2D eigenvalue weighted by molar-refractivity contribution is 6.18. The molecule has 0 spiro atoms. The van der Waals surface area contributed by atoms with Crippen molar-refractivity contribution in [3.63, 3.8) is 0 Å². The minimum absolute atomic E-state index is 0.0694. The van der Waals surface area contributed by atoms with Gasteiger partial charge in [0.15, 0.2) is 0 Å². The Balaban J connectivity index is 2.31. The monoisotopic (exact) mass is 255 g/mol. The molecule has 0 saturated carbocycles. The van der Waals surface area contributed by atoms with E-state index >= 15 is 0 Å². The molecule has 17 heavy (non-hydrogen) atoms. The maximum Gasteiger partial charge on any atom is 0.257 e. The van der Waals surface area contributed by atoms with E-state index < -0.39 is 0 Å². The van der Waals surface area contributed by atoms with Gasteiger partial charge < -0.3 is 9.32 Å². The Hall–Kier alpha value is -0.960. The number of aryl methyl sites for hydroxylation is 2. The number of halogens is 1. The minimum atomic E-state index is 0.0694. The Labute approximate surface area is 107 Å². The van der Waals surface area contributed by atoms with Crippen molar-refractivity contribution >= 4 is 17.5 Å². The van der Waals surface area contributed by atoms with Crippen LogP contribution in [0.5, 0.6) is 0 Å². The van der Waals surface area contributed by atoms with Crippen LogP contribution in [-0.2, 0) is 0 Å². The number of nitrogens with zero attached hydrogens (tertiary/aromatic N) is 1. The van der Waals surface area contributed by atoms with Gasteiger partial charge in [-0.05, 0) is 33.6 Å². The van der Waals surface area contributed by atoms with Crippen LogP contribution in [0.2, 0.25) is 0 Å². The molecule has 1 saturated heterocycles. The van der Waals surface area contributed by atoms with Crippen LogP contribution in [-0.4, -0.2) is 29.3 Å². The number of likely N-dealkylation sites (tertiary alicyclic amines) is 1. The highest BCUT2D eigenvalue weighted by Gasteiger charge is 2.31. The molecule has 1 atom stereocenters. The molecule has 2 rings (SSSR count). The molecule has 0 bridgehead atoms. The lowest BCUT2D eigenvalue weighted by atomic mass is 10.1. The number of carbonyl (C=O) groups excluding carboxylic acids is 1. The molecule has 0 N–H and O–H groups in total. The first-order valence-electron chi connectivity index (χ1n) is 5.99. The lowest BCUT2D eigenvalue weighted by Gasteiger charge is -2.23. The van der Waals surface area contributed by atoms with Crippen molar-refractivity contribution in [2.24, 2.45) is 0 Å². The summed E-state index contributed by atoms with van der Waals surface area (Å²) < 4.78 is 5.51. The Morgan fingerprint density at radius 3 is 2.65 bits per heavy atom. The lowest BCUT2D eigenvalue weighted by Crippen LogP contribution is -2.37. The van der Waals surface area contributed by atoms with Crippen LogP contribution in [0.25, 0.3) is 0 Å². The second kappa shape index (κ2) is 4.73. The smallest absolute Gasteiger partial charge is 0.257 e. The molecule has 1 aromatic rings. The first kappa shape index (κ1) is 12.5. The molecule has 1 amide bonds. The molecule has 1 fully saturated rings. The number of hydrogen-bond acceptors (Lipinski definition) is 2. The van der Waals surface area contributed by atoms with Crippen molar-refractivity contribution in [3.8, 4) is 0 Å². The predicted molar refractivity (Wildman–Crippen MR) is 67.7 cm³/mol. The summed E-state index contributed by atoms with van der Waals surface area (Å²) in [6, 6.07) is 0.179. The van der Waals surface area contributed by atoms with Crippen molar-refractivity contribution in [2.45, 2.75) is 39.7 Å². The van der Waals surface area contributed by atoms with Crippen molar-refractivity contribution in [1.29, 1.82) is 0 Å². The Bertz CT molecular complexity index is 439. The van der Waals surface area contributed by atoms with Crippen LogP contribution in [0.15, 0.2) is 4.42 Å². The molecule has 3 nitrogen and oxygen atoms in total. The van der Waals surface area contributed by atoms with Gasteiger partial charge in [-0.15, -0.1) is 11.6 Å². The van der Waals surface area contributed by atoms with Gasteiger partial charge in [0, 0.05) is 24.0 Å². The molecular formula is C13H18ClNO2. The van der Waals surface area contributed by atoms with E-state index in [0.717, 1.165) is 36.3 Å². The number of rotatable bonds is 2. The van der Waals surface area contributed by atoms with E-state index in [4.69, 9.17) is 16.0 Å². The standard InChI is InChI=1S/C13H18ClNO2/c1-8-9(2)17-10(3)12(8)13(16)15-6-4-5-11(15)7-14/h11H,4-7H2,1-3H3. The number of carbonyl (C=O) groups is 1. The third kappa shape index (κ3) is 2.08. The quantitative estimate of drug-likeness (QED) is 0.761. The van der Waals surface area contributed by atoms with Crippen molar-refractivity contribution < 1.29 is 9.21 Å². The molecule has 2 heterocycles. The fourth-order valence-corrected chi connectivity index (χ4v) is 2.84. The zero-order chi connectivity index (χ0) is 12.6. The molecule has 0 aromatic carbocycles. The average molecular weight is 256 g/mol. The van der Waals surface area contributed by atoms with E-state index in [-0.39, 0.29) is 11.9 Å². The van der Waals surface area contributed by atoms with Gasteiger partial charge in [-0.2, -0.15) is 0 Å². The first-order valence-corrected chi connectivity index (χ1v) is 6.53. The summed E-state index contributed by atoms with van der Waals surface area (Å²) in [5.41, 5.74) is 1.67. The van der Waals surface area contributed by atoms with Crippen LogP contribution in [0.3, 0.4) is 0 Å². The summed E-state index contributed by atoms with van der Waals surface area (Å²) in [6.07, 6.45) is 2.04. The van der Waals surface area contributed by atoms with Crippen molar-refractivity contribution in [3.05, 3.63) is 22.6 Å². The Morgan fingerprint density at radius 2 is 2.12 bits per heavy atom. The van der Waals surface area contributed by atoms with Gasteiger partial charge in [-0.1, -0.05) is 0 Å². The number of hydrogen-bond donors (Lipinski definition) is 0. The molecule has 1 aliphatic heterocycles. The van der Waals surface area contributed by atoms with Crippen LogP contribution >= 0.6 is 11.6 Å². The first-order chi connectivity index (χ1) is 8.06. The van der Waals surface area contributed by atoms with Crippen LogP contribution in [0, 0.1) is 20.8 Å². The third-order valence-corrected chi connectivity index (χ3v) is 3.95. The fraction of sp³-hybridized carbons (Fsp3) is 0.615. The van der Waals surface area contributed by atoms with Crippen LogP contribution in [0.1, 0.15) is 40.3 Å². The Morgan fingerprint density at radius 1 is 1.41 bits per heavy atom. The second-order valence-corrected chi connectivity index (χ2v) is 4.97. The van der Waals surface area contributed by atoms with Crippen LogP contribution < -0.4 is 0 Å². The fourth-order valence-electron chi connectivity index (χ4n) is 2.52. The topological polar surface area (TPSA) is 33.5 Å². The summed E-state index contributed by atoms with van der Waals surface area (Å²) >= 11 is 5.90. The van der Waals surface area contributed by atoms with E-state index in [9.17, 15) is 4.79 Å². The average Bonchev–Trinajstić information content (AvgIpc) is 2.84. The highest BCUT2D eigenvalue weighted by Crippen LogP contribution is 2.26. The number of alkyl halides is 1. The maximum atomic E-state index is 12.5. The van der Waals surface area contributed by atoms with Gasteiger partial charge in [-0.3, -0.25) is 4.79 Å². The van der Waals surface area contributed by atoms with Gasteiger partial charge in [0.25, 0.3) is 5.91 Å². The summed E-state index contributed by atoms with van der Waals surface area (Å²) in [7, 11) is 0. The van der Waals surface area contributed by atoms with Crippen molar-refractivity contribution in [2.75, 3.05) is 12.4 Å². The summed E-state index contributed by atoms with van der Waals surface area (Å²) in [5, 5.41) is 0. The summed E-state index contributed by atoms with van der Waals surface area (Å²) in [4.78, 5) is 14.4. The minimum Gasteiger partial charge on any atom is -0.466 e. The van der Waals surface area contributed by atoms with Gasteiger partial charge in [0.2, 0.25) is 0 Å². The lowest BCUT2D eigenvalue weighted by molar-refractivity contribution is 0.0747. The van der Waals surface area contributed by atoms with E-state index in [1.165, 1.54) is 0 Å². The molecule has 0 radical (unpaired) electrons. The third-order valence-electron chi connectivity index (χ3n) is 3.59. The molecule has 1 unspecified atom stereocenters. The second-order valence-electron chi connectivity index (χ2n) is 4.66. The normalized spacial score (nSPS) is 20.0. The van der Waals surface area contributed by atoms with Gasteiger partial charge in [-0.25, -0.2) is 0 Å². The number of amides is 1. The van der Waals surface area contributed by atoms with E-state index in [0.29, 0.717) is 11.6 Å². The van der Waals surface area contributed by atoms with Gasteiger partial charge in [0.1, 0.15) is 11.5 Å². The van der Waals surface area contributed by atoms with Crippen molar-refractivity contribution in [1.82, 2.24) is 4.90 Å². The maximum absolute atomic E-state index is 12.5. The highest BCUT2D eigenvalue weighted by atomic mass is 35.5. The predicted octanol–water partition coefficient (Wildman–Crippen LogP) is 3.05. The largest absolute Gasteiger partial charge is 0.466 e. The van der Waals surface area contributed by atoms with Gasteiger partial charge >= 0.3 is 0 Å². The SMILES string of the molecule is Cc1oc(C)c(C(=O)N2CCCC2CCl)c1C. The molecule has 4 heteroatoms. The van der Waals surface area contributed by atoms with E-state index in [2.05, 4.69) is 0 Å². The summed E-state index contributed by atoms with van der Waals surface area (Å²) in [6.45, 7) is 6.48. The molecule has 94 valence electrons. The number of furan rings is 1. The Kier molecular flexibility index (Phi) is 3.48. The van der Waals surface area contributed by atoms with E-state index in [1.54, 1.807) is 0 Å². The van der Waals surface area contributed by atoms with E-state index in [1.807, 2.05) is 25.7 Å². The van der Waals surface area contributed by atoms with Crippen LogP contribution in [0.4, 0.5) is 0 Å². The zero-order valence-corrected chi connectivity index (χ0v) is 11.3. The molecular weight excluding hydrogens is 238 g/mol. The molecule has 0 aliphatic carbocycles.